The lowest BCUT2D eigenvalue weighted by atomic mass is 9.77. The summed E-state index contributed by atoms with van der Waals surface area (Å²) in [5, 5.41) is 0. The SMILES string of the molecule is COC(=O)CN1C[C@H]2CO[C@H](O[C@H](C)c3cc(C(F)(F)F)cc(C(F)(F)F)c3)[C@@H](c3ccc(F)cc3)[C@@H]2C1. The zero-order valence-electron chi connectivity index (χ0n) is 20.5. The van der Waals surface area contributed by atoms with Crippen LogP contribution in [-0.2, 0) is 31.4 Å². The molecule has 0 spiro atoms. The van der Waals surface area contributed by atoms with Crippen LogP contribution in [0.25, 0.3) is 0 Å². The number of nitrogens with zero attached hydrogens (tertiary/aromatic N) is 1. The van der Waals surface area contributed by atoms with Gasteiger partial charge >= 0.3 is 18.3 Å². The summed E-state index contributed by atoms with van der Waals surface area (Å²) in [7, 11) is 1.28. The van der Waals surface area contributed by atoms with E-state index in [-0.39, 0.29) is 36.6 Å². The zero-order valence-corrected chi connectivity index (χ0v) is 20.5. The van der Waals surface area contributed by atoms with Crippen LogP contribution in [0.15, 0.2) is 42.5 Å². The lowest BCUT2D eigenvalue weighted by Gasteiger charge is -2.40. The molecule has 0 amide bonds. The summed E-state index contributed by atoms with van der Waals surface area (Å²) in [5.41, 5.74) is -2.55. The van der Waals surface area contributed by atoms with Gasteiger partial charge < -0.3 is 14.2 Å². The number of carbonyl (C=O) groups excluding carboxylic acids is 1. The van der Waals surface area contributed by atoms with Crippen LogP contribution in [0.1, 0.15) is 41.2 Å². The Labute approximate surface area is 214 Å². The normalized spacial score (nSPS) is 25.2. The van der Waals surface area contributed by atoms with Gasteiger partial charge in [0.05, 0.1) is 37.5 Å². The molecule has 2 aliphatic rings. The Morgan fingerprint density at radius 1 is 1.03 bits per heavy atom. The van der Waals surface area contributed by atoms with Gasteiger partial charge in [0.2, 0.25) is 0 Å². The molecule has 38 heavy (non-hydrogen) atoms. The van der Waals surface area contributed by atoms with Crippen LogP contribution >= 0.6 is 0 Å². The lowest BCUT2D eigenvalue weighted by molar-refractivity contribution is -0.217. The molecule has 2 heterocycles. The van der Waals surface area contributed by atoms with E-state index in [1.165, 1.54) is 26.2 Å². The van der Waals surface area contributed by atoms with Gasteiger partial charge in [0.25, 0.3) is 0 Å². The van der Waals surface area contributed by atoms with Gasteiger partial charge in [0.15, 0.2) is 6.29 Å². The van der Waals surface area contributed by atoms with E-state index in [0.717, 1.165) is 0 Å². The van der Waals surface area contributed by atoms with Gasteiger partial charge in [-0.1, -0.05) is 12.1 Å². The molecule has 208 valence electrons. The Hall–Kier alpha value is -2.70. The highest BCUT2D eigenvalue weighted by Crippen LogP contribution is 2.45. The number of carbonyl (C=O) groups is 1. The van der Waals surface area contributed by atoms with Gasteiger partial charge in [0, 0.05) is 19.0 Å². The molecule has 5 atom stereocenters. The number of methoxy groups -OCH3 is 1. The topological polar surface area (TPSA) is 48.0 Å². The van der Waals surface area contributed by atoms with Crippen LogP contribution in [0.5, 0.6) is 0 Å². The molecule has 0 N–H and O–H groups in total. The molecular weight excluding hydrogens is 523 g/mol. The monoisotopic (exact) mass is 549 g/mol. The molecule has 0 aromatic heterocycles. The lowest BCUT2D eigenvalue weighted by Crippen LogP contribution is -2.42. The van der Waals surface area contributed by atoms with E-state index in [4.69, 9.17) is 14.2 Å². The molecule has 0 unspecified atom stereocenters. The van der Waals surface area contributed by atoms with E-state index < -0.39 is 53.6 Å². The number of esters is 1. The smallest absolute Gasteiger partial charge is 0.416 e. The molecule has 2 aromatic rings. The van der Waals surface area contributed by atoms with Crippen LogP contribution in [0.4, 0.5) is 30.7 Å². The molecule has 2 aliphatic heterocycles. The maximum absolute atomic E-state index is 13.7. The predicted octanol–water partition coefficient (Wildman–Crippen LogP) is 5.80. The highest BCUT2D eigenvalue weighted by atomic mass is 19.4. The summed E-state index contributed by atoms with van der Waals surface area (Å²) in [5.74, 6) is -1.59. The van der Waals surface area contributed by atoms with Crippen molar-refractivity contribution in [1.82, 2.24) is 4.90 Å². The summed E-state index contributed by atoms with van der Waals surface area (Å²) in [6.07, 6.45) is -12.2. The van der Waals surface area contributed by atoms with Crippen LogP contribution in [0, 0.1) is 17.7 Å². The number of rotatable bonds is 6. The Bertz CT molecular complexity index is 1100. The summed E-state index contributed by atoms with van der Waals surface area (Å²) in [6.45, 7) is 2.56. The molecule has 2 aromatic carbocycles. The van der Waals surface area contributed by atoms with Gasteiger partial charge in [0.1, 0.15) is 5.82 Å². The van der Waals surface area contributed by atoms with Crippen LogP contribution in [0.2, 0.25) is 0 Å². The number of benzene rings is 2. The maximum Gasteiger partial charge on any atom is 0.416 e. The van der Waals surface area contributed by atoms with E-state index in [2.05, 4.69) is 0 Å². The molecule has 2 saturated heterocycles. The van der Waals surface area contributed by atoms with Crippen molar-refractivity contribution in [1.29, 1.82) is 0 Å². The summed E-state index contributed by atoms with van der Waals surface area (Å²) < 4.78 is 111. The number of alkyl halides is 6. The third-order valence-electron chi connectivity index (χ3n) is 7.05. The van der Waals surface area contributed by atoms with Crippen molar-refractivity contribution >= 4 is 5.97 Å². The number of ether oxygens (including phenoxy) is 3. The standard InChI is InChI=1S/C26H26F7NO4/c1-14(16-7-18(25(28,29)30)9-19(8-16)26(31,32)33)38-24-23(15-3-5-20(27)6-4-15)21-11-34(12-22(35)36-2)10-17(21)13-37-24/h3-9,14,17,21,23-24H,10-13H2,1-2H3/t14-,17+,21-,23+,24-/m1/s1. The molecule has 0 radical (unpaired) electrons. The van der Waals surface area contributed by atoms with Gasteiger partial charge in [-0.25, -0.2) is 4.39 Å². The molecular formula is C26H26F7NO4. The molecule has 0 aliphatic carbocycles. The average Bonchev–Trinajstić information content (AvgIpc) is 3.25. The number of likely N-dealkylation sites (tertiary alicyclic amines) is 1. The second-order valence-corrected chi connectivity index (χ2v) is 9.59. The van der Waals surface area contributed by atoms with Crippen LogP contribution in [0.3, 0.4) is 0 Å². The minimum absolute atomic E-state index is 0.0322. The molecule has 12 heteroatoms. The Balaban J connectivity index is 1.64. The zero-order chi connectivity index (χ0) is 27.8. The van der Waals surface area contributed by atoms with Crippen molar-refractivity contribution in [3.05, 3.63) is 70.5 Å². The Morgan fingerprint density at radius 2 is 1.63 bits per heavy atom. The average molecular weight is 549 g/mol. The van der Waals surface area contributed by atoms with E-state index in [1.54, 1.807) is 12.1 Å². The first-order chi connectivity index (χ1) is 17.8. The van der Waals surface area contributed by atoms with E-state index in [9.17, 15) is 35.5 Å². The quantitative estimate of drug-likeness (QED) is 0.337. The molecule has 2 fully saturated rings. The van der Waals surface area contributed by atoms with E-state index in [1.807, 2.05) is 4.90 Å². The molecule has 4 rings (SSSR count). The van der Waals surface area contributed by atoms with Gasteiger partial charge in [-0.05, 0) is 60.2 Å². The van der Waals surface area contributed by atoms with Crippen LogP contribution < -0.4 is 0 Å². The van der Waals surface area contributed by atoms with Crippen molar-refractivity contribution in [2.24, 2.45) is 11.8 Å². The number of fused-ring (bicyclic) bond motifs is 1. The highest BCUT2D eigenvalue weighted by Gasteiger charge is 2.47. The third kappa shape index (κ3) is 6.29. The first-order valence-corrected chi connectivity index (χ1v) is 11.9. The van der Waals surface area contributed by atoms with Crippen molar-refractivity contribution in [3.63, 3.8) is 0 Å². The first kappa shape index (κ1) is 28.3. The summed E-state index contributed by atoms with van der Waals surface area (Å²) in [6, 6.07) is 6.92. The third-order valence-corrected chi connectivity index (χ3v) is 7.05. The van der Waals surface area contributed by atoms with Gasteiger partial charge in [-0.15, -0.1) is 0 Å². The second kappa shape index (κ2) is 10.8. The van der Waals surface area contributed by atoms with Crippen molar-refractivity contribution in [2.75, 3.05) is 33.4 Å². The number of hydrogen-bond acceptors (Lipinski definition) is 5. The fraction of sp³-hybridized carbons (Fsp3) is 0.500. The fourth-order valence-electron chi connectivity index (χ4n) is 5.18. The van der Waals surface area contributed by atoms with Crippen LogP contribution in [-0.4, -0.2) is 50.5 Å². The highest BCUT2D eigenvalue weighted by molar-refractivity contribution is 5.71. The maximum atomic E-state index is 13.7. The molecule has 5 nitrogen and oxygen atoms in total. The molecule has 0 bridgehead atoms. The van der Waals surface area contributed by atoms with Gasteiger partial charge in [-0.2, -0.15) is 26.3 Å². The number of hydrogen-bond donors (Lipinski definition) is 0. The fourth-order valence-corrected chi connectivity index (χ4v) is 5.18. The van der Waals surface area contributed by atoms with Crippen molar-refractivity contribution < 1.29 is 49.7 Å². The second-order valence-electron chi connectivity index (χ2n) is 9.59. The Kier molecular flexibility index (Phi) is 8.06. The largest absolute Gasteiger partial charge is 0.468 e. The van der Waals surface area contributed by atoms with E-state index in [0.29, 0.717) is 30.8 Å². The predicted molar refractivity (Wildman–Crippen MR) is 120 cm³/mol. The summed E-state index contributed by atoms with van der Waals surface area (Å²) >= 11 is 0. The van der Waals surface area contributed by atoms with E-state index >= 15 is 0 Å². The number of halogens is 7. The molecule has 0 saturated carbocycles. The minimum Gasteiger partial charge on any atom is -0.468 e. The minimum atomic E-state index is -4.99. The van der Waals surface area contributed by atoms with Gasteiger partial charge in [-0.3, -0.25) is 9.69 Å². The van der Waals surface area contributed by atoms with Crippen molar-refractivity contribution in [3.8, 4) is 0 Å². The van der Waals surface area contributed by atoms with Crippen molar-refractivity contribution in [2.45, 2.75) is 37.6 Å². The summed E-state index contributed by atoms with van der Waals surface area (Å²) in [4.78, 5) is 13.7. The first-order valence-electron chi connectivity index (χ1n) is 11.9. The Morgan fingerprint density at radius 3 is 2.18 bits per heavy atom.